The zero-order valence-corrected chi connectivity index (χ0v) is 36.3. The molecular formula is C49H82O9. The van der Waals surface area contributed by atoms with Crippen molar-refractivity contribution < 1.29 is 44.2 Å². The van der Waals surface area contributed by atoms with Crippen LogP contribution in [0, 0.1) is 0 Å². The number of carbonyl (C=O) groups excluding carboxylic acids is 1. The first kappa shape index (κ1) is 53.4. The van der Waals surface area contributed by atoms with Gasteiger partial charge in [0.25, 0.3) is 0 Å². The molecule has 4 N–H and O–H groups in total. The molecule has 1 rings (SSSR count). The van der Waals surface area contributed by atoms with Crippen LogP contribution in [-0.2, 0) is 23.7 Å². The highest BCUT2D eigenvalue weighted by Gasteiger charge is 2.44. The van der Waals surface area contributed by atoms with Crippen molar-refractivity contribution in [1.82, 2.24) is 0 Å². The summed E-state index contributed by atoms with van der Waals surface area (Å²) in [5.41, 5.74) is 0. The topological polar surface area (TPSA) is 135 Å². The number of hydrogen-bond acceptors (Lipinski definition) is 9. The number of hydrogen-bond donors (Lipinski definition) is 4. The van der Waals surface area contributed by atoms with Crippen LogP contribution in [0.1, 0.15) is 155 Å². The van der Waals surface area contributed by atoms with Crippen LogP contribution in [0.4, 0.5) is 0 Å². The highest BCUT2D eigenvalue weighted by atomic mass is 16.7. The molecule has 0 spiro atoms. The summed E-state index contributed by atoms with van der Waals surface area (Å²) in [5, 5.41) is 40.1. The van der Waals surface area contributed by atoms with E-state index in [0.717, 1.165) is 96.3 Å². The molecule has 0 bridgehead atoms. The van der Waals surface area contributed by atoms with E-state index in [9.17, 15) is 25.2 Å². The molecule has 1 aliphatic heterocycles. The predicted octanol–water partition coefficient (Wildman–Crippen LogP) is 10.2. The second kappa shape index (κ2) is 39.8. The van der Waals surface area contributed by atoms with E-state index in [1.165, 1.54) is 38.5 Å². The van der Waals surface area contributed by atoms with Crippen molar-refractivity contribution in [3.63, 3.8) is 0 Å². The van der Waals surface area contributed by atoms with E-state index in [2.05, 4.69) is 98.9 Å². The lowest BCUT2D eigenvalue weighted by Crippen LogP contribution is -2.59. The number of carbonyl (C=O) groups is 1. The normalized spacial score (nSPS) is 21.1. The van der Waals surface area contributed by atoms with Crippen molar-refractivity contribution in [2.75, 3.05) is 26.4 Å². The minimum atomic E-state index is -1.55. The third-order valence-corrected chi connectivity index (χ3v) is 9.80. The van der Waals surface area contributed by atoms with E-state index in [0.29, 0.717) is 13.0 Å². The summed E-state index contributed by atoms with van der Waals surface area (Å²) in [4.78, 5) is 12.8. The fourth-order valence-electron chi connectivity index (χ4n) is 6.25. The Hall–Kier alpha value is -2.63. The van der Waals surface area contributed by atoms with E-state index >= 15 is 0 Å². The number of unbranched alkanes of at least 4 members (excludes halogenated alkanes) is 12. The Morgan fingerprint density at radius 1 is 0.569 bits per heavy atom. The standard InChI is InChI=1S/C49H82O9/c1-3-5-7-9-11-13-15-17-19-21-22-23-24-26-28-30-32-34-36-38-45(51)57-43(42-56-49-48(54)47(53)46(52)44(40-50)58-49)41-55-39-37-35-33-31-29-27-25-20-18-16-14-12-10-8-6-4-2/h6,8,11-14,17-20,22-23,27,29,43-44,46-50,52-54H,3-5,7,9-10,15-16,21,24-26,28,30-42H2,1-2H3/b8-6-,13-11-,14-12-,19-17-,20-18-,23-22-,29-27-. The molecule has 58 heavy (non-hydrogen) atoms. The Morgan fingerprint density at radius 2 is 1.05 bits per heavy atom. The number of esters is 1. The summed E-state index contributed by atoms with van der Waals surface area (Å²) < 4.78 is 22.8. The third kappa shape index (κ3) is 30.4. The average Bonchev–Trinajstić information content (AvgIpc) is 3.22. The van der Waals surface area contributed by atoms with E-state index in [1.807, 2.05) is 0 Å². The maximum atomic E-state index is 12.8. The summed E-state index contributed by atoms with van der Waals surface area (Å²) >= 11 is 0. The van der Waals surface area contributed by atoms with Gasteiger partial charge in [0.2, 0.25) is 0 Å². The quantitative estimate of drug-likeness (QED) is 0.0275. The first-order chi connectivity index (χ1) is 28.4. The number of aliphatic hydroxyl groups excluding tert-OH is 4. The van der Waals surface area contributed by atoms with Gasteiger partial charge in [0.05, 0.1) is 19.8 Å². The maximum Gasteiger partial charge on any atom is 0.306 e. The molecule has 0 radical (unpaired) electrons. The fraction of sp³-hybridized carbons (Fsp3) is 0.694. The van der Waals surface area contributed by atoms with Crippen LogP contribution in [-0.4, -0.2) is 89.6 Å². The van der Waals surface area contributed by atoms with Crippen molar-refractivity contribution in [2.45, 2.75) is 192 Å². The molecule has 0 aromatic heterocycles. The van der Waals surface area contributed by atoms with Crippen molar-refractivity contribution in [1.29, 1.82) is 0 Å². The fourth-order valence-corrected chi connectivity index (χ4v) is 6.25. The van der Waals surface area contributed by atoms with Crippen LogP contribution in [0.5, 0.6) is 0 Å². The molecular weight excluding hydrogens is 733 g/mol. The van der Waals surface area contributed by atoms with Crippen LogP contribution in [0.25, 0.3) is 0 Å². The molecule has 9 nitrogen and oxygen atoms in total. The average molecular weight is 815 g/mol. The van der Waals surface area contributed by atoms with Gasteiger partial charge in [-0.1, -0.05) is 144 Å². The Balaban J connectivity index is 2.31. The third-order valence-electron chi connectivity index (χ3n) is 9.80. The highest BCUT2D eigenvalue weighted by Crippen LogP contribution is 2.22. The molecule has 0 amide bonds. The second-order valence-electron chi connectivity index (χ2n) is 15.1. The lowest BCUT2D eigenvalue weighted by molar-refractivity contribution is -0.305. The molecule has 1 fully saturated rings. The first-order valence-electron chi connectivity index (χ1n) is 22.7. The van der Waals surface area contributed by atoms with Crippen molar-refractivity contribution >= 4 is 5.97 Å². The molecule has 6 atom stereocenters. The SMILES string of the molecule is CC/C=C\C/C=C\C/C=C\C/C=C\CCCCCOCC(COC1OC(CO)C(O)C(O)C1O)OC(=O)CCCCCCCC/C=C\C/C=C\C/C=C\CCCCC. The van der Waals surface area contributed by atoms with Crippen LogP contribution in [0.3, 0.4) is 0 Å². The molecule has 0 saturated carbocycles. The smallest absolute Gasteiger partial charge is 0.306 e. The Kier molecular flexibility index (Phi) is 36.6. The van der Waals surface area contributed by atoms with Gasteiger partial charge in [-0.3, -0.25) is 4.79 Å². The summed E-state index contributed by atoms with van der Waals surface area (Å²) in [5.74, 6) is -0.342. The van der Waals surface area contributed by atoms with Crippen LogP contribution in [0.2, 0.25) is 0 Å². The zero-order chi connectivity index (χ0) is 42.2. The Labute approximate surface area is 352 Å². The van der Waals surface area contributed by atoms with Gasteiger partial charge in [-0.2, -0.15) is 0 Å². The largest absolute Gasteiger partial charge is 0.457 e. The predicted molar refractivity (Wildman–Crippen MR) is 237 cm³/mol. The Morgan fingerprint density at radius 3 is 1.59 bits per heavy atom. The van der Waals surface area contributed by atoms with Gasteiger partial charge >= 0.3 is 5.97 Å². The molecule has 0 aromatic rings. The second-order valence-corrected chi connectivity index (χ2v) is 15.1. The van der Waals surface area contributed by atoms with Gasteiger partial charge in [0, 0.05) is 13.0 Å². The van der Waals surface area contributed by atoms with Gasteiger partial charge in [-0.15, -0.1) is 0 Å². The minimum Gasteiger partial charge on any atom is -0.457 e. The van der Waals surface area contributed by atoms with E-state index in [1.54, 1.807) is 0 Å². The van der Waals surface area contributed by atoms with Gasteiger partial charge in [-0.25, -0.2) is 0 Å². The lowest BCUT2D eigenvalue weighted by Gasteiger charge is -2.39. The number of rotatable bonds is 37. The Bertz CT molecular complexity index is 1150. The maximum absolute atomic E-state index is 12.8. The number of aliphatic hydroxyl groups is 4. The van der Waals surface area contributed by atoms with Crippen molar-refractivity contribution in [2.24, 2.45) is 0 Å². The van der Waals surface area contributed by atoms with Crippen LogP contribution >= 0.6 is 0 Å². The highest BCUT2D eigenvalue weighted by molar-refractivity contribution is 5.69. The van der Waals surface area contributed by atoms with Gasteiger partial charge < -0.3 is 39.4 Å². The summed E-state index contributed by atoms with van der Waals surface area (Å²) in [6.45, 7) is 4.30. The van der Waals surface area contributed by atoms with E-state index in [-0.39, 0.29) is 19.2 Å². The lowest BCUT2D eigenvalue weighted by atomic mass is 9.99. The van der Waals surface area contributed by atoms with E-state index < -0.39 is 43.4 Å². The molecule has 9 heteroatoms. The molecule has 1 heterocycles. The first-order valence-corrected chi connectivity index (χ1v) is 22.7. The number of allylic oxidation sites excluding steroid dienone is 14. The summed E-state index contributed by atoms with van der Waals surface area (Å²) in [6, 6.07) is 0. The molecule has 1 saturated heterocycles. The molecule has 1 aliphatic rings. The monoisotopic (exact) mass is 815 g/mol. The molecule has 6 unspecified atom stereocenters. The summed E-state index contributed by atoms with van der Waals surface area (Å²) in [7, 11) is 0. The molecule has 332 valence electrons. The number of ether oxygens (including phenoxy) is 4. The minimum absolute atomic E-state index is 0.112. The van der Waals surface area contributed by atoms with Crippen LogP contribution in [0.15, 0.2) is 85.1 Å². The molecule has 0 aromatic carbocycles. The van der Waals surface area contributed by atoms with E-state index in [4.69, 9.17) is 18.9 Å². The van der Waals surface area contributed by atoms with Gasteiger partial charge in [0.1, 0.15) is 30.5 Å². The van der Waals surface area contributed by atoms with Crippen molar-refractivity contribution in [3.8, 4) is 0 Å². The van der Waals surface area contributed by atoms with Gasteiger partial charge in [0.15, 0.2) is 6.29 Å². The van der Waals surface area contributed by atoms with Gasteiger partial charge in [-0.05, 0) is 89.9 Å². The zero-order valence-electron chi connectivity index (χ0n) is 36.3. The molecule has 0 aliphatic carbocycles. The van der Waals surface area contributed by atoms with Crippen molar-refractivity contribution in [3.05, 3.63) is 85.1 Å². The summed E-state index contributed by atoms with van der Waals surface area (Å²) in [6.07, 6.45) is 46.0. The van der Waals surface area contributed by atoms with Crippen LogP contribution < -0.4 is 0 Å².